The molecule has 4 nitrogen and oxygen atoms in total. The van der Waals surface area contributed by atoms with Gasteiger partial charge >= 0.3 is 0 Å². The molecule has 0 aromatic heterocycles. The molecule has 0 heterocycles. The third-order valence-corrected chi connectivity index (χ3v) is 1.32. The lowest BCUT2D eigenvalue weighted by molar-refractivity contribution is 0.319. The highest BCUT2D eigenvalue weighted by molar-refractivity contribution is 7.82. The van der Waals surface area contributed by atoms with E-state index in [0.717, 1.165) is 14.2 Å². The Kier molecular flexibility index (Phi) is 2.21. The van der Waals surface area contributed by atoms with Gasteiger partial charge in [-0.25, -0.2) is 4.78 Å². The third kappa shape index (κ3) is 2.55. The van der Waals surface area contributed by atoms with Gasteiger partial charge in [-0.2, -0.15) is 4.21 Å². The molecule has 0 amide bonds. The van der Waals surface area contributed by atoms with Crippen molar-refractivity contribution < 1.29 is 12.6 Å². The van der Waals surface area contributed by atoms with Gasteiger partial charge in [-0.15, -0.1) is 0 Å². The van der Waals surface area contributed by atoms with Crippen LogP contribution >= 0.6 is 0 Å². The molecule has 0 aliphatic carbocycles. The minimum Gasteiger partial charge on any atom is -0.267 e. The van der Waals surface area contributed by atoms with Crippen molar-refractivity contribution in [1.29, 1.82) is 4.78 Å². The SMILES string of the molecule is COS(=N)(=O)OC. The lowest BCUT2D eigenvalue weighted by Gasteiger charge is -1.96. The Morgan fingerprint density at radius 1 is 1.43 bits per heavy atom. The summed E-state index contributed by atoms with van der Waals surface area (Å²) in [6.45, 7) is 0. The van der Waals surface area contributed by atoms with Crippen LogP contribution in [0.15, 0.2) is 0 Å². The van der Waals surface area contributed by atoms with E-state index in [2.05, 4.69) is 8.37 Å². The van der Waals surface area contributed by atoms with Crippen LogP contribution in [0, 0.1) is 4.78 Å². The van der Waals surface area contributed by atoms with Crippen molar-refractivity contribution in [1.82, 2.24) is 0 Å². The summed E-state index contributed by atoms with van der Waals surface area (Å²) >= 11 is 0. The minimum atomic E-state index is -3.16. The Morgan fingerprint density at radius 2 is 1.71 bits per heavy atom. The van der Waals surface area contributed by atoms with Crippen LogP contribution in [0.1, 0.15) is 0 Å². The van der Waals surface area contributed by atoms with Gasteiger partial charge in [0.15, 0.2) is 0 Å². The Balaban J connectivity index is 3.89. The fraction of sp³-hybridized carbons (Fsp3) is 1.00. The van der Waals surface area contributed by atoms with Gasteiger partial charge in [0.2, 0.25) is 0 Å². The average molecular weight is 125 g/mol. The van der Waals surface area contributed by atoms with Crippen LogP contribution < -0.4 is 0 Å². The summed E-state index contributed by atoms with van der Waals surface area (Å²) in [5.74, 6) is 0. The van der Waals surface area contributed by atoms with Crippen molar-refractivity contribution >= 4 is 10.3 Å². The molecule has 0 aliphatic rings. The van der Waals surface area contributed by atoms with Crippen molar-refractivity contribution in [3.05, 3.63) is 0 Å². The van der Waals surface area contributed by atoms with E-state index in [9.17, 15) is 4.21 Å². The monoisotopic (exact) mass is 125 g/mol. The first-order valence-corrected chi connectivity index (χ1v) is 2.93. The molecule has 0 radical (unpaired) electrons. The number of hydrogen-bond donors (Lipinski definition) is 1. The molecular formula is C2H7NO3S. The Morgan fingerprint density at radius 3 is 1.71 bits per heavy atom. The van der Waals surface area contributed by atoms with Gasteiger partial charge in [-0.05, 0) is 0 Å². The smallest absolute Gasteiger partial charge is 0.267 e. The summed E-state index contributed by atoms with van der Waals surface area (Å²) in [5, 5.41) is 0. The highest BCUT2D eigenvalue weighted by Crippen LogP contribution is 1.88. The van der Waals surface area contributed by atoms with Crippen LogP contribution in [-0.2, 0) is 18.7 Å². The number of hydrogen-bond acceptors (Lipinski definition) is 4. The molecule has 0 unspecified atom stereocenters. The topological polar surface area (TPSA) is 59.4 Å². The van der Waals surface area contributed by atoms with E-state index in [1.165, 1.54) is 0 Å². The Hall–Kier alpha value is -0.130. The van der Waals surface area contributed by atoms with Gasteiger partial charge in [-0.3, -0.25) is 8.37 Å². The van der Waals surface area contributed by atoms with Crippen molar-refractivity contribution in [3.63, 3.8) is 0 Å². The Bertz CT molecular complexity index is 116. The first-order valence-electron chi connectivity index (χ1n) is 1.52. The molecule has 0 atom stereocenters. The highest BCUT2D eigenvalue weighted by atomic mass is 32.2. The zero-order chi connectivity index (χ0) is 5.91. The van der Waals surface area contributed by atoms with Crippen molar-refractivity contribution in [2.24, 2.45) is 0 Å². The first kappa shape index (κ1) is 6.87. The van der Waals surface area contributed by atoms with Crippen LogP contribution in [0.5, 0.6) is 0 Å². The summed E-state index contributed by atoms with van der Waals surface area (Å²) in [4.78, 5) is 0. The molecule has 7 heavy (non-hydrogen) atoms. The van der Waals surface area contributed by atoms with Gasteiger partial charge in [0.05, 0.1) is 14.2 Å². The van der Waals surface area contributed by atoms with Crippen molar-refractivity contribution in [2.75, 3.05) is 14.2 Å². The van der Waals surface area contributed by atoms with Crippen molar-refractivity contribution in [3.8, 4) is 0 Å². The molecule has 0 aromatic rings. The molecule has 5 heteroatoms. The maximum Gasteiger partial charge on any atom is 0.289 e. The van der Waals surface area contributed by atoms with E-state index < -0.39 is 10.3 Å². The van der Waals surface area contributed by atoms with E-state index in [-0.39, 0.29) is 0 Å². The van der Waals surface area contributed by atoms with Gasteiger partial charge in [0.25, 0.3) is 10.3 Å². The quantitative estimate of drug-likeness (QED) is 0.571. The van der Waals surface area contributed by atoms with Crippen LogP contribution in [0.4, 0.5) is 0 Å². The van der Waals surface area contributed by atoms with Crippen molar-refractivity contribution in [2.45, 2.75) is 0 Å². The lowest BCUT2D eigenvalue weighted by atomic mass is 11.8. The molecule has 1 N–H and O–H groups in total. The van der Waals surface area contributed by atoms with Gasteiger partial charge in [-0.1, -0.05) is 0 Å². The second-order valence-electron chi connectivity index (χ2n) is 0.787. The average Bonchev–Trinajstić information content (AvgIpc) is 1.68. The van der Waals surface area contributed by atoms with E-state index in [1.54, 1.807) is 0 Å². The van der Waals surface area contributed by atoms with Crippen LogP contribution in [0.25, 0.3) is 0 Å². The molecule has 0 aromatic carbocycles. The predicted molar refractivity (Wildman–Crippen MR) is 24.9 cm³/mol. The second-order valence-corrected chi connectivity index (χ2v) is 2.36. The van der Waals surface area contributed by atoms with Crippen LogP contribution in [0.2, 0.25) is 0 Å². The molecule has 0 aliphatic heterocycles. The molecule has 0 bridgehead atoms. The molecule has 44 valence electrons. The molecule has 0 saturated heterocycles. The van der Waals surface area contributed by atoms with Crippen LogP contribution in [0.3, 0.4) is 0 Å². The molecule has 0 spiro atoms. The third-order valence-electron chi connectivity index (χ3n) is 0.439. The van der Waals surface area contributed by atoms with Gasteiger partial charge in [0, 0.05) is 0 Å². The maximum absolute atomic E-state index is 10.1. The standard InChI is InChI=1S/C2H7NO3S/c1-5-7(3,4)6-2/h3H,1-2H3. The summed E-state index contributed by atoms with van der Waals surface area (Å²) < 4.78 is 24.8. The minimum absolute atomic E-state index is 1.15. The molecule has 0 saturated carbocycles. The first-order chi connectivity index (χ1) is 3.12. The maximum atomic E-state index is 10.1. The number of rotatable bonds is 2. The molecule has 0 rings (SSSR count). The van der Waals surface area contributed by atoms with E-state index in [0.29, 0.717) is 0 Å². The second kappa shape index (κ2) is 2.25. The fourth-order valence-corrected chi connectivity index (χ4v) is 0.204. The van der Waals surface area contributed by atoms with Gasteiger partial charge in [0.1, 0.15) is 0 Å². The molecule has 0 fully saturated rings. The normalized spacial score (nSPS) is 11.7. The zero-order valence-corrected chi connectivity index (χ0v) is 4.95. The summed E-state index contributed by atoms with van der Waals surface area (Å²) in [6.07, 6.45) is 0. The molecular weight excluding hydrogens is 118 g/mol. The Labute approximate surface area is 42.8 Å². The number of nitrogens with one attached hydrogen (secondary N) is 1. The lowest BCUT2D eigenvalue weighted by Crippen LogP contribution is -2.00. The highest BCUT2D eigenvalue weighted by Gasteiger charge is 1.95. The summed E-state index contributed by atoms with van der Waals surface area (Å²) in [5.41, 5.74) is 0. The van der Waals surface area contributed by atoms with E-state index in [4.69, 9.17) is 4.78 Å². The predicted octanol–water partition coefficient (Wildman–Crippen LogP) is 0.156. The fourth-order valence-electron chi connectivity index (χ4n) is 0.0680. The van der Waals surface area contributed by atoms with E-state index >= 15 is 0 Å². The summed E-state index contributed by atoms with van der Waals surface area (Å²) in [6, 6.07) is 0. The summed E-state index contributed by atoms with van der Waals surface area (Å²) in [7, 11) is -0.854. The van der Waals surface area contributed by atoms with Crippen LogP contribution in [-0.4, -0.2) is 18.4 Å². The van der Waals surface area contributed by atoms with E-state index in [1.807, 2.05) is 0 Å². The largest absolute Gasteiger partial charge is 0.289 e. The van der Waals surface area contributed by atoms with Gasteiger partial charge < -0.3 is 0 Å². The zero-order valence-electron chi connectivity index (χ0n) is 4.13.